The highest BCUT2D eigenvalue weighted by atomic mass is 15.1. The van der Waals surface area contributed by atoms with Crippen molar-refractivity contribution >= 4 is 0 Å². The first-order valence-electron chi connectivity index (χ1n) is 15.6. The van der Waals surface area contributed by atoms with E-state index in [9.17, 15) is 0 Å². The predicted octanol–water partition coefficient (Wildman–Crippen LogP) is 9.86. The average molecular weight is 467 g/mol. The molecule has 0 fully saturated rings. The predicted molar refractivity (Wildman–Crippen MR) is 153 cm³/mol. The number of hydrogen-bond donors (Lipinski definition) is 0. The molecule has 0 aromatic rings. The molecule has 0 saturated carbocycles. The van der Waals surface area contributed by atoms with Crippen LogP contribution in [-0.2, 0) is 0 Å². The van der Waals surface area contributed by atoms with E-state index < -0.39 is 0 Å². The Labute approximate surface area is 211 Å². The highest BCUT2D eigenvalue weighted by Crippen LogP contribution is 2.14. The van der Waals surface area contributed by atoms with Crippen LogP contribution in [0.1, 0.15) is 162 Å². The van der Waals surface area contributed by atoms with Gasteiger partial charge >= 0.3 is 0 Å². The van der Waals surface area contributed by atoms with E-state index in [0.717, 1.165) is 0 Å². The Morgan fingerprint density at radius 3 is 0.879 bits per heavy atom. The van der Waals surface area contributed by atoms with Crippen LogP contribution in [0, 0.1) is 0 Å². The average Bonchev–Trinajstić information content (AvgIpc) is 2.80. The molecule has 0 aromatic heterocycles. The normalized spacial score (nSPS) is 11.8. The van der Waals surface area contributed by atoms with Crippen LogP contribution in [0.5, 0.6) is 0 Å². The Balaban J connectivity index is 3.64. The highest BCUT2D eigenvalue weighted by Gasteiger charge is 2.05. The summed E-state index contributed by atoms with van der Waals surface area (Å²) in [5.74, 6) is 0. The van der Waals surface area contributed by atoms with Gasteiger partial charge in [-0.2, -0.15) is 0 Å². The molecule has 0 N–H and O–H groups in total. The molecule has 0 atom stereocenters. The maximum Gasteiger partial charge on any atom is -0.000655 e. The van der Waals surface area contributed by atoms with Gasteiger partial charge < -0.3 is 9.80 Å². The van der Waals surface area contributed by atoms with Crippen molar-refractivity contribution in [1.82, 2.24) is 9.80 Å². The highest BCUT2D eigenvalue weighted by molar-refractivity contribution is 4.61. The second kappa shape index (κ2) is 28.2. The van der Waals surface area contributed by atoms with E-state index >= 15 is 0 Å². The molecule has 0 rings (SSSR count). The van der Waals surface area contributed by atoms with Gasteiger partial charge in [-0.1, -0.05) is 142 Å². The zero-order valence-electron chi connectivity index (χ0n) is 24.0. The smallest absolute Gasteiger partial charge is 0.000655 e. The summed E-state index contributed by atoms with van der Waals surface area (Å²) in [6.07, 6.45) is 33.2. The topological polar surface area (TPSA) is 6.48 Å². The van der Waals surface area contributed by atoms with Crippen LogP contribution in [0.25, 0.3) is 0 Å². The Morgan fingerprint density at radius 2 is 0.576 bits per heavy atom. The Morgan fingerprint density at radius 1 is 0.303 bits per heavy atom. The molecule has 0 aliphatic rings. The van der Waals surface area contributed by atoms with Gasteiger partial charge in [0, 0.05) is 0 Å². The summed E-state index contributed by atoms with van der Waals surface area (Å²) in [6.45, 7) is 9.81. The quantitative estimate of drug-likeness (QED) is 0.106. The van der Waals surface area contributed by atoms with Crippen molar-refractivity contribution in [1.29, 1.82) is 0 Å². The molecule has 200 valence electrons. The monoisotopic (exact) mass is 467 g/mol. The molecular formula is C31H66N2. The van der Waals surface area contributed by atoms with Crippen LogP contribution < -0.4 is 0 Å². The second-order valence-corrected chi connectivity index (χ2v) is 11.1. The molecule has 0 unspecified atom stereocenters. The molecule has 0 bridgehead atoms. The lowest BCUT2D eigenvalue weighted by Crippen LogP contribution is -2.29. The first-order chi connectivity index (χ1) is 16.2. The molecular weight excluding hydrogens is 400 g/mol. The van der Waals surface area contributed by atoms with Crippen LogP contribution in [0.15, 0.2) is 0 Å². The van der Waals surface area contributed by atoms with Gasteiger partial charge in [0.05, 0.1) is 0 Å². The van der Waals surface area contributed by atoms with Crippen LogP contribution in [0.3, 0.4) is 0 Å². The molecule has 0 aromatic carbocycles. The summed E-state index contributed by atoms with van der Waals surface area (Å²) in [6, 6.07) is 0. The Hall–Kier alpha value is -0.0800. The molecule has 0 radical (unpaired) electrons. The molecule has 0 saturated heterocycles. The standard InChI is InChI=1S/C31H66N2/c1-5-7-9-11-13-15-16-17-18-19-20-22-24-26-30-33(31-27-28-32(3)4)29-25-23-21-14-12-10-8-6-2/h5-31H2,1-4H3. The van der Waals surface area contributed by atoms with Crippen molar-refractivity contribution in [2.75, 3.05) is 40.3 Å². The van der Waals surface area contributed by atoms with Crippen molar-refractivity contribution in [3.63, 3.8) is 0 Å². The number of nitrogens with zero attached hydrogens (tertiary/aromatic N) is 2. The molecule has 33 heavy (non-hydrogen) atoms. The van der Waals surface area contributed by atoms with Crippen LogP contribution in [-0.4, -0.2) is 50.1 Å². The summed E-state index contributed by atoms with van der Waals surface area (Å²) in [5, 5.41) is 0. The second-order valence-electron chi connectivity index (χ2n) is 11.1. The van der Waals surface area contributed by atoms with Gasteiger partial charge in [-0.15, -0.1) is 0 Å². The molecule has 0 heterocycles. The Kier molecular flexibility index (Phi) is 28.1. The van der Waals surface area contributed by atoms with Gasteiger partial charge in [0.1, 0.15) is 0 Å². The molecule has 0 aliphatic heterocycles. The Bertz CT molecular complexity index is 342. The van der Waals surface area contributed by atoms with Crippen LogP contribution >= 0.6 is 0 Å². The van der Waals surface area contributed by atoms with Gasteiger partial charge in [-0.05, 0) is 59.5 Å². The van der Waals surface area contributed by atoms with Crippen molar-refractivity contribution < 1.29 is 0 Å². The van der Waals surface area contributed by atoms with Gasteiger partial charge in [0.2, 0.25) is 0 Å². The third kappa shape index (κ3) is 28.0. The van der Waals surface area contributed by atoms with E-state index in [1.54, 1.807) is 0 Å². The fourth-order valence-corrected chi connectivity index (χ4v) is 4.95. The lowest BCUT2D eigenvalue weighted by Gasteiger charge is -2.23. The van der Waals surface area contributed by atoms with Gasteiger partial charge in [-0.25, -0.2) is 0 Å². The van der Waals surface area contributed by atoms with Crippen molar-refractivity contribution in [3.8, 4) is 0 Å². The van der Waals surface area contributed by atoms with Crippen molar-refractivity contribution in [2.24, 2.45) is 0 Å². The molecule has 2 heteroatoms. The van der Waals surface area contributed by atoms with E-state index in [0.29, 0.717) is 0 Å². The largest absolute Gasteiger partial charge is 0.309 e. The molecule has 0 aliphatic carbocycles. The number of unbranched alkanes of at least 4 members (excludes halogenated alkanes) is 20. The maximum absolute atomic E-state index is 2.78. The minimum atomic E-state index is 1.23. The van der Waals surface area contributed by atoms with E-state index in [4.69, 9.17) is 0 Å². The minimum absolute atomic E-state index is 1.23. The van der Waals surface area contributed by atoms with Gasteiger partial charge in [0.15, 0.2) is 0 Å². The van der Waals surface area contributed by atoms with Gasteiger partial charge in [0.25, 0.3) is 0 Å². The third-order valence-electron chi connectivity index (χ3n) is 7.24. The molecule has 0 amide bonds. The van der Waals surface area contributed by atoms with Crippen LogP contribution in [0.4, 0.5) is 0 Å². The summed E-state index contributed by atoms with van der Waals surface area (Å²) in [7, 11) is 4.41. The SMILES string of the molecule is CCCCCCCCCCCCCCCCN(CCCCCCCCCC)CCCN(C)C. The van der Waals surface area contributed by atoms with Gasteiger partial charge in [-0.3, -0.25) is 0 Å². The molecule has 2 nitrogen and oxygen atoms in total. The van der Waals surface area contributed by atoms with Crippen molar-refractivity contribution in [2.45, 2.75) is 162 Å². The van der Waals surface area contributed by atoms with E-state index in [2.05, 4.69) is 37.7 Å². The minimum Gasteiger partial charge on any atom is -0.309 e. The fourth-order valence-electron chi connectivity index (χ4n) is 4.95. The van der Waals surface area contributed by atoms with E-state index in [1.165, 1.54) is 174 Å². The summed E-state index contributed by atoms with van der Waals surface area (Å²) < 4.78 is 0. The zero-order chi connectivity index (χ0) is 24.2. The number of rotatable bonds is 28. The summed E-state index contributed by atoms with van der Waals surface area (Å²) in [5.41, 5.74) is 0. The maximum atomic E-state index is 2.78. The fraction of sp³-hybridized carbons (Fsp3) is 1.00. The van der Waals surface area contributed by atoms with E-state index in [1.807, 2.05) is 0 Å². The molecule has 0 spiro atoms. The van der Waals surface area contributed by atoms with Crippen LogP contribution in [0.2, 0.25) is 0 Å². The zero-order valence-corrected chi connectivity index (χ0v) is 24.0. The first-order valence-corrected chi connectivity index (χ1v) is 15.6. The lowest BCUT2D eigenvalue weighted by molar-refractivity contribution is 0.244. The van der Waals surface area contributed by atoms with Crippen molar-refractivity contribution in [3.05, 3.63) is 0 Å². The number of hydrogen-bond acceptors (Lipinski definition) is 2. The summed E-state index contributed by atoms with van der Waals surface area (Å²) in [4.78, 5) is 5.11. The first kappa shape index (κ1) is 32.9. The lowest BCUT2D eigenvalue weighted by atomic mass is 10.0. The third-order valence-corrected chi connectivity index (χ3v) is 7.24. The summed E-state index contributed by atoms with van der Waals surface area (Å²) >= 11 is 0. The van der Waals surface area contributed by atoms with E-state index in [-0.39, 0.29) is 0 Å².